The van der Waals surface area contributed by atoms with Crippen LogP contribution in [0.4, 0.5) is 5.00 Å². The molecule has 0 unspecified atom stereocenters. The zero-order valence-electron chi connectivity index (χ0n) is 16.9. The lowest BCUT2D eigenvalue weighted by Gasteiger charge is -2.17. The molecule has 154 valence electrons. The van der Waals surface area contributed by atoms with Crippen LogP contribution in [0.5, 0.6) is 0 Å². The zero-order valence-corrected chi connectivity index (χ0v) is 18.5. The van der Waals surface area contributed by atoms with Crippen LogP contribution in [0.1, 0.15) is 16.7 Å². The lowest BCUT2D eigenvalue weighted by molar-refractivity contribution is -0.113. The maximum Gasteiger partial charge on any atom is 0.266 e. The Morgan fingerprint density at radius 1 is 1.16 bits per heavy atom. The van der Waals surface area contributed by atoms with Gasteiger partial charge in [-0.2, -0.15) is 5.26 Å². The SMILES string of the molecule is Cc1cccc(C)c1-n1c(SCC(=O)Nc2sccc2C#N)nc2ccccc2c1=O. The van der Waals surface area contributed by atoms with Crippen LogP contribution in [0.15, 0.2) is 63.9 Å². The van der Waals surface area contributed by atoms with Crippen LogP contribution in [0, 0.1) is 25.2 Å². The number of carbonyl (C=O) groups excluding carboxylic acids is 1. The van der Waals surface area contributed by atoms with Crippen molar-refractivity contribution in [2.45, 2.75) is 19.0 Å². The Labute approximate surface area is 187 Å². The van der Waals surface area contributed by atoms with Crippen molar-refractivity contribution in [2.75, 3.05) is 11.1 Å². The van der Waals surface area contributed by atoms with E-state index in [9.17, 15) is 9.59 Å². The van der Waals surface area contributed by atoms with E-state index < -0.39 is 0 Å². The summed E-state index contributed by atoms with van der Waals surface area (Å²) < 4.78 is 1.59. The number of benzene rings is 2. The van der Waals surface area contributed by atoms with Gasteiger partial charge in [-0.25, -0.2) is 4.98 Å². The number of hydrogen-bond donors (Lipinski definition) is 1. The molecule has 31 heavy (non-hydrogen) atoms. The molecule has 0 bridgehead atoms. The first-order valence-corrected chi connectivity index (χ1v) is 11.3. The van der Waals surface area contributed by atoms with Crippen molar-refractivity contribution in [2.24, 2.45) is 0 Å². The number of fused-ring (bicyclic) bond motifs is 1. The summed E-state index contributed by atoms with van der Waals surface area (Å²) in [6.07, 6.45) is 0. The molecule has 4 aromatic rings. The van der Waals surface area contributed by atoms with Gasteiger partial charge in [-0.3, -0.25) is 14.2 Å². The third kappa shape index (κ3) is 4.10. The number of thioether (sulfide) groups is 1. The number of anilines is 1. The van der Waals surface area contributed by atoms with Crippen molar-refractivity contribution in [1.29, 1.82) is 5.26 Å². The number of carbonyl (C=O) groups is 1. The molecule has 0 spiro atoms. The van der Waals surface area contributed by atoms with Crippen LogP contribution in [0.3, 0.4) is 0 Å². The molecule has 8 heteroatoms. The van der Waals surface area contributed by atoms with E-state index >= 15 is 0 Å². The predicted molar refractivity (Wildman–Crippen MR) is 125 cm³/mol. The van der Waals surface area contributed by atoms with Gasteiger partial charge in [0.2, 0.25) is 5.91 Å². The van der Waals surface area contributed by atoms with Crippen molar-refractivity contribution >= 4 is 44.9 Å². The van der Waals surface area contributed by atoms with Crippen molar-refractivity contribution in [3.8, 4) is 11.8 Å². The van der Waals surface area contributed by atoms with Crippen molar-refractivity contribution in [3.05, 3.63) is 81.0 Å². The molecule has 0 fully saturated rings. The maximum atomic E-state index is 13.4. The van der Waals surface area contributed by atoms with Crippen LogP contribution in [-0.2, 0) is 4.79 Å². The van der Waals surface area contributed by atoms with E-state index in [4.69, 9.17) is 10.2 Å². The van der Waals surface area contributed by atoms with Gasteiger partial charge < -0.3 is 5.32 Å². The van der Waals surface area contributed by atoms with Gasteiger partial charge >= 0.3 is 0 Å². The molecule has 6 nitrogen and oxygen atoms in total. The van der Waals surface area contributed by atoms with E-state index in [1.54, 1.807) is 28.1 Å². The van der Waals surface area contributed by atoms with Crippen LogP contribution in [0.25, 0.3) is 16.6 Å². The molecule has 4 rings (SSSR count). The number of aromatic nitrogens is 2. The Morgan fingerprint density at radius 2 is 1.90 bits per heavy atom. The van der Waals surface area contributed by atoms with E-state index in [0.29, 0.717) is 26.6 Å². The van der Waals surface area contributed by atoms with E-state index in [-0.39, 0.29) is 17.2 Å². The Morgan fingerprint density at radius 3 is 2.65 bits per heavy atom. The molecular weight excluding hydrogens is 428 g/mol. The number of hydrogen-bond acceptors (Lipinski definition) is 6. The van der Waals surface area contributed by atoms with Gasteiger partial charge in [0.1, 0.15) is 11.1 Å². The van der Waals surface area contributed by atoms with E-state index in [0.717, 1.165) is 16.8 Å². The number of thiophene rings is 1. The van der Waals surface area contributed by atoms with Crippen LogP contribution in [0.2, 0.25) is 0 Å². The highest BCUT2D eigenvalue weighted by Gasteiger charge is 2.18. The summed E-state index contributed by atoms with van der Waals surface area (Å²) in [6.45, 7) is 3.90. The number of nitrogens with zero attached hydrogens (tertiary/aromatic N) is 3. The third-order valence-electron chi connectivity index (χ3n) is 4.78. The fourth-order valence-electron chi connectivity index (χ4n) is 3.35. The molecule has 2 heterocycles. The fourth-order valence-corrected chi connectivity index (χ4v) is 4.90. The van der Waals surface area contributed by atoms with Crippen LogP contribution in [-0.4, -0.2) is 21.2 Å². The first-order chi connectivity index (χ1) is 15.0. The number of rotatable bonds is 5. The van der Waals surface area contributed by atoms with Crippen molar-refractivity contribution in [1.82, 2.24) is 9.55 Å². The highest BCUT2D eigenvalue weighted by atomic mass is 32.2. The Hall–Kier alpha value is -3.41. The first kappa shape index (κ1) is 20.8. The standard InChI is InChI=1S/C23H18N4O2S2/c1-14-6-5-7-15(2)20(14)27-22(29)17-8-3-4-9-18(17)25-23(27)31-13-19(28)26-21-16(12-24)10-11-30-21/h3-11H,13H2,1-2H3,(H,26,28). The third-order valence-corrected chi connectivity index (χ3v) is 6.55. The van der Waals surface area contributed by atoms with Gasteiger partial charge in [-0.1, -0.05) is 42.1 Å². The molecule has 2 aromatic heterocycles. The molecule has 0 saturated carbocycles. The van der Waals surface area contributed by atoms with Crippen LogP contribution >= 0.6 is 23.1 Å². The summed E-state index contributed by atoms with van der Waals surface area (Å²) in [5.41, 5.74) is 3.52. The molecule has 0 aliphatic rings. The van der Waals surface area contributed by atoms with Gasteiger partial charge in [0.15, 0.2) is 5.16 Å². The highest BCUT2D eigenvalue weighted by molar-refractivity contribution is 7.99. The van der Waals surface area contributed by atoms with E-state index in [1.807, 2.05) is 44.2 Å². The second-order valence-corrected chi connectivity index (χ2v) is 8.76. The zero-order chi connectivity index (χ0) is 22.0. The van der Waals surface area contributed by atoms with Gasteiger partial charge in [0.05, 0.1) is 27.9 Å². The summed E-state index contributed by atoms with van der Waals surface area (Å²) >= 11 is 2.49. The summed E-state index contributed by atoms with van der Waals surface area (Å²) in [5, 5.41) is 15.1. The van der Waals surface area contributed by atoms with Crippen molar-refractivity contribution < 1.29 is 4.79 Å². The number of aryl methyl sites for hydroxylation is 2. The molecule has 1 N–H and O–H groups in total. The minimum Gasteiger partial charge on any atom is -0.316 e. The maximum absolute atomic E-state index is 13.4. The molecule has 2 aromatic carbocycles. The predicted octanol–water partition coefficient (Wildman–Crippen LogP) is 4.67. The molecule has 0 saturated heterocycles. The number of nitriles is 1. The Bertz CT molecular complexity index is 1380. The molecule has 1 amide bonds. The summed E-state index contributed by atoms with van der Waals surface area (Å²) in [6, 6.07) is 16.8. The van der Waals surface area contributed by atoms with E-state index in [2.05, 4.69) is 11.4 Å². The minimum atomic E-state index is -0.264. The Balaban J connectivity index is 1.74. The molecule has 0 atom stereocenters. The lowest BCUT2D eigenvalue weighted by atomic mass is 10.1. The quantitative estimate of drug-likeness (QED) is 0.356. The smallest absolute Gasteiger partial charge is 0.266 e. The normalized spacial score (nSPS) is 10.7. The fraction of sp³-hybridized carbons (Fsp3) is 0.130. The summed E-state index contributed by atoms with van der Waals surface area (Å²) in [4.78, 5) is 30.6. The Kier molecular flexibility index (Phi) is 5.89. The topological polar surface area (TPSA) is 87.8 Å². The first-order valence-electron chi connectivity index (χ1n) is 9.48. The minimum absolute atomic E-state index is 0.0540. The van der Waals surface area contributed by atoms with Crippen molar-refractivity contribution in [3.63, 3.8) is 0 Å². The highest BCUT2D eigenvalue weighted by Crippen LogP contribution is 2.26. The number of amides is 1. The second-order valence-electron chi connectivity index (χ2n) is 6.90. The molecule has 0 radical (unpaired) electrons. The van der Waals surface area contributed by atoms with Gasteiger partial charge in [0, 0.05) is 0 Å². The van der Waals surface area contributed by atoms with Crippen LogP contribution < -0.4 is 10.9 Å². The second kappa shape index (κ2) is 8.76. The van der Waals surface area contributed by atoms with E-state index in [1.165, 1.54) is 23.1 Å². The summed E-state index contributed by atoms with van der Waals surface area (Å²) in [5.74, 6) is -0.210. The van der Waals surface area contributed by atoms with Gasteiger partial charge in [0.25, 0.3) is 5.56 Å². The van der Waals surface area contributed by atoms with Gasteiger partial charge in [-0.15, -0.1) is 11.3 Å². The largest absolute Gasteiger partial charge is 0.316 e. The lowest BCUT2D eigenvalue weighted by Crippen LogP contribution is -2.24. The average molecular weight is 447 g/mol. The number of para-hydroxylation sites is 2. The molecule has 0 aliphatic heterocycles. The summed E-state index contributed by atoms with van der Waals surface area (Å²) in [7, 11) is 0. The molecular formula is C23H18N4O2S2. The monoisotopic (exact) mass is 446 g/mol. The average Bonchev–Trinajstić information content (AvgIpc) is 3.20. The van der Waals surface area contributed by atoms with Gasteiger partial charge in [-0.05, 0) is 48.6 Å². The number of nitrogens with one attached hydrogen (secondary N) is 1. The molecule has 0 aliphatic carbocycles.